The van der Waals surface area contributed by atoms with Gasteiger partial charge in [-0.2, -0.15) is 0 Å². The molecule has 108 valence electrons. The molecule has 0 bridgehead atoms. The molecule has 0 radical (unpaired) electrons. The van der Waals surface area contributed by atoms with E-state index < -0.39 is 0 Å². The predicted molar refractivity (Wildman–Crippen MR) is 93.6 cm³/mol. The summed E-state index contributed by atoms with van der Waals surface area (Å²) in [6.07, 6.45) is 0.714. The highest BCUT2D eigenvalue weighted by Gasteiger charge is 2.24. The zero-order chi connectivity index (χ0) is 14.8. The van der Waals surface area contributed by atoms with Crippen LogP contribution in [0.2, 0.25) is 5.02 Å². The molecule has 1 aliphatic heterocycles. The van der Waals surface area contributed by atoms with Crippen molar-refractivity contribution >= 4 is 45.8 Å². The molecule has 3 nitrogen and oxygen atoms in total. The van der Waals surface area contributed by atoms with Crippen LogP contribution in [0.1, 0.15) is 11.1 Å². The number of carbonyl (C=O) groups is 1. The molecule has 2 aromatic rings. The average molecular weight is 413 g/mol. The standard InChI is InChI=1S/C16H14ClIN2O/c17-12-5-6-14(13(18)8-12)20-16(21)15-7-10-3-1-2-4-11(10)9-19-15/h1-6,8,15,19H,7,9H2,(H,20,21)/t15-/m1/s1. The Hall–Kier alpha value is -1.11. The van der Waals surface area contributed by atoms with Gasteiger partial charge in [0.1, 0.15) is 0 Å². The van der Waals surface area contributed by atoms with E-state index in [1.165, 1.54) is 11.1 Å². The molecule has 1 aliphatic rings. The third kappa shape index (κ3) is 3.39. The summed E-state index contributed by atoms with van der Waals surface area (Å²) in [7, 11) is 0. The Morgan fingerprint density at radius 1 is 1.24 bits per heavy atom. The van der Waals surface area contributed by atoms with Crippen LogP contribution in [-0.4, -0.2) is 11.9 Å². The molecule has 1 atom stereocenters. The number of rotatable bonds is 2. The van der Waals surface area contributed by atoms with Gasteiger partial charge in [-0.1, -0.05) is 35.9 Å². The third-order valence-electron chi connectivity index (χ3n) is 3.59. The van der Waals surface area contributed by atoms with E-state index in [1.807, 2.05) is 24.3 Å². The SMILES string of the molecule is O=C(Nc1ccc(Cl)cc1I)[C@H]1Cc2ccccc2CN1. The maximum atomic E-state index is 12.4. The van der Waals surface area contributed by atoms with Gasteiger partial charge in [-0.05, 0) is 58.3 Å². The molecule has 0 aliphatic carbocycles. The van der Waals surface area contributed by atoms with Crippen molar-refractivity contribution in [3.63, 3.8) is 0 Å². The van der Waals surface area contributed by atoms with Crippen LogP contribution in [-0.2, 0) is 17.8 Å². The van der Waals surface area contributed by atoms with Gasteiger partial charge in [-0.25, -0.2) is 0 Å². The van der Waals surface area contributed by atoms with Gasteiger partial charge in [0.2, 0.25) is 5.91 Å². The average Bonchev–Trinajstić information content (AvgIpc) is 2.49. The summed E-state index contributed by atoms with van der Waals surface area (Å²) in [5.74, 6) is -0.00950. The zero-order valence-electron chi connectivity index (χ0n) is 11.2. The van der Waals surface area contributed by atoms with Crippen LogP contribution in [0, 0.1) is 3.57 Å². The number of hydrogen-bond donors (Lipinski definition) is 2. The Morgan fingerprint density at radius 2 is 2.00 bits per heavy atom. The lowest BCUT2D eigenvalue weighted by molar-refractivity contribution is -0.118. The van der Waals surface area contributed by atoms with E-state index in [1.54, 1.807) is 6.07 Å². The van der Waals surface area contributed by atoms with E-state index in [-0.39, 0.29) is 11.9 Å². The van der Waals surface area contributed by atoms with Crippen LogP contribution in [0.3, 0.4) is 0 Å². The highest BCUT2D eigenvalue weighted by atomic mass is 127. The van der Waals surface area contributed by atoms with Crippen LogP contribution in [0.5, 0.6) is 0 Å². The Labute approximate surface area is 142 Å². The maximum Gasteiger partial charge on any atom is 0.241 e. The Bertz CT molecular complexity index is 690. The molecule has 2 aromatic carbocycles. The summed E-state index contributed by atoms with van der Waals surface area (Å²) < 4.78 is 0.935. The van der Waals surface area contributed by atoms with Crippen LogP contribution >= 0.6 is 34.2 Å². The third-order valence-corrected chi connectivity index (χ3v) is 4.71. The minimum Gasteiger partial charge on any atom is -0.324 e. The molecule has 0 fully saturated rings. The second-order valence-electron chi connectivity index (χ2n) is 5.02. The van der Waals surface area contributed by atoms with Gasteiger partial charge in [-0.3, -0.25) is 4.79 Å². The van der Waals surface area contributed by atoms with Crippen molar-refractivity contribution < 1.29 is 4.79 Å². The molecule has 3 rings (SSSR count). The number of amides is 1. The number of fused-ring (bicyclic) bond motifs is 1. The number of carbonyl (C=O) groups excluding carboxylic acids is 1. The fraction of sp³-hybridized carbons (Fsp3) is 0.188. The molecule has 0 saturated heterocycles. The summed E-state index contributed by atoms with van der Waals surface area (Å²) in [5, 5.41) is 6.92. The number of nitrogens with one attached hydrogen (secondary N) is 2. The van der Waals surface area contributed by atoms with Crippen molar-refractivity contribution in [2.24, 2.45) is 0 Å². The zero-order valence-corrected chi connectivity index (χ0v) is 14.1. The second kappa shape index (κ2) is 6.34. The van der Waals surface area contributed by atoms with Crippen molar-refractivity contribution in [3.05, 3.63) is 62.2 Å². The molecular weight excluding hydrogens is 399 g/mol. The summed E-state index contributed by atoms with van der Waals surface area (Å²) >= 11 is 8.10. The molecule has 21 heavy (non-hydrogen) atoms. The molecule has 0 aromatic heterocycles. The Morgan fingerprint density at radius 3 is 2.76 bits per heavy atom. The van der Waals surface area contributed by atoms with Gasteiger partial charge in [0.25, 0.3) is 0 Å². The molecule has 1 amide bonds. The molecule has 5 heteroatoms. The summed E-state index contributed by atoms with van der Waals surface area (Å²) in [6, 6.07) is 13.5. The first-order valence-electron chi connectivity index (χ1n) is 6.69. The van der Waals surface area contributed by atoms with E-state index in [0.717, 1.165) is 15.8 Å². The van der Waals surface area contributed by atoms with Crippen molar-refractivity contribution in [3.8, 4) is 0 Å². The summed E-state index contributed by atoms with van der Waals surface area (Å²) in [6.45, 7) is 0.728. The number of anilines is 1. The van der Waals surface area contributed by atoms with Crippen molar-refractivity contribution in [2.75, 3.05) is 5.32 Å². The highest BCUT2D eigenvalue weighted by molar-refractivity contribution is 14.1. The quantitative estimate of drug-likeness (QED) is 0.740. The van der Waals surface area contributed by atoms with E-state index in [4.69, 9.17) is 11.6 Å². The Balaban J connectivity index is 1.72. The normalized spacial score (nSPS) is 17.1. The van der Waals surface area contributed by atoms with Crippen LogP contribution < -0.4 is 10.6 Å². The number of halogens is 2. The lowest BCUT2D eigenvalue weighted by Gasteiger charge is -2.25. The van der Waals surface area contributed by atoms with Gasteiger partial charge in [0.05, 0.1) is 11.7 Å². The van der Waals surface area contributed by atoms with E-state index in [2.05, 4.69) is 45.4 Å². The molecule has 0 saturated carbocycles. The minimum atomic E-state index is -0.202. The first-order chi connectivity index (χ1) is 10.1. The molecule has 1 heterocycles. The first-order valence-corrected chi connectivity index (χ1v) is 8.15. The van der Waals surface area contributed by atoms with Gasteiger partial charge < -0.3 is 10.6 Å². The lowest BCUT2D eigenvalue weighted by atomic mass is 9.95. The molecule has 2 N–H and O–H groups in total. The predicted octanol–water partition coefficient (Wildman–Crippen LogP) is 3.60. The Kier molecular flexibility index (Phi) is 4.47. The van der Waals surface area contributed by atoms with E-state index >= 15 is 0 Å². The number of hydrogen-bond acceptors (Lipinski definition) is 2. The van der Waals surface area contributed by atoms with Crippen molar-refractivity contribution in [1.82, 2.24) is 5.32 Å². The van der Waals surface area contributed by atoms with Gasteiger partial charge in [0.15, 0.2) is 0 Å². The summed E-state index contributed by atoms with van der Waals surface area (Å²) in [4.78, 5) is 12.4. The monoisotopic (exact) mass is 412 g/mol. The fourth-order valence-electron chi connectivity index (χ4n) is 2.45. The van der Waals surface area contributed by atoms with Crippen LogP contribution in [0.15, 0.2) is 42.5 Å². The van der Waals surface area contributed by atoms with Gasteiger partial charge in [-0.15, -0.1) is 0 Å². The molecule has 0 unspecified atom stereocenters. The topological polar surface area (TPSA) is 41.1 Å². The van der Waals surface area contributed by atoms with Crippen molar-refractivity contribution in [1.29, 1.82) is 0 Å². The lowest BCUT2D eigenvalue weighted by Crippen LogP contribution is -2.44. The summed E-state index contributed by atoms with van der Waals surface area (Å²) in [5.41, 5.74) is 3.30. The largest absolute Gasteiger partial charge is 0.324 e. The molecular formula is C16H14ClIN2O. The minimum absolute atomic E-state index is 0.00950. The van der Waals surface area contributed by atoms with Crippen LogP contribution in [0.4, 0.5) is 5.69 Å². The smallest absolute Gasteiger partial charge is 0.241 e. The van der Waals surface area contributed by atoms with E-state index in [9.17, 15) is 4.79 Å². The number of benzene rings is 2. The van der Waals surface area contributed by atoms with Crippen LogP contribution in [0.25, 0.3) is 0 Å². The molecule has 0 spiro atoms. The first kappa shape index (κ1) is 14.8. The fourth-order valence-corrected chi connectivity index (χ4v) is 3.46. The second-order valence-corrected chi connectivity index (χ2v) is 6.62. The van der Waals surface area contributed by atoms with Gasteiger partial charge in [0, 0.05) is 15.1 Å². The highest BCUT2D eigenvalue weighted by Crippen LogP contribution is 2.23. The van der Waals surface area contributed by atoms with Crippen molar-refractivity contribution in [2.45, 2.75) is 19.0 Å². The van der Waals surface area contributed by atoms with Gasteiger partial charge >= 0.3 is 0 Å². The maximum absolute atomic E-state index is 12.4. The van der Waals surface area contributed by atoms with E-state index in [0.29, 0.717) is 11.4 Å².